The number of nitrogens with two attached hydrogens (primary N) is 1. The molecule has 0 bridgehead atoms. The number of ether oxygens (including phenoxy) is 2. The number of aromatic nitrogens is 3. The van der Waals surface area contributed by atoms with E-state index in [9.17, 15) is 4.39 Å². The maximum atomic E-state index is 13.8. The van der Waals surface area contributed by atoms with Gasteiger partial charge in [0.25, 0.3) is 0 Å². The Morgan fingerprint density at radius 1 is 1.12 bits per heavy atom. The van der Waals surface area contributed by atoms with Gasteiger partial charge in [0.15, 0.2) is 17.4 Å². The molecule has 1 heterocycles. The molecule has 9 heteroatoms. The molecule has 134 valence electrons. The lowest BCUT2D eigenvalue weighted by Gasteiger charge is -2.11. The zero-order chi connectivity index (χ0) is 18.5. The molecule has 0 spiro atoms. The predicted octanol–water partition coefficient (Wildman–Crippen LogP) is 3.69. The molecule has 0 aliphatic heterocycles. The number of nitrogens with one attached hydrogen (secondary N) is 1. The number of hydrogen-bond donors (Lipinski definition) is 2. The molecule has 2 aromatic carbocycles. The van der Waals surface area contributed by atoms with Gasteiger partial charge in [-0.15, -0.1) is 0 Å². The highest BCUT2D eigenvalue weighted by molar-refractivity contribution is 9.10. The lowest BCUT2D eigenvalue weighted by atomic mass is 10.3. The van der Waals surface area contributed by atoms with Gasteiger partial charge in [0, 0.05) is 4.47 Å². The molecule has 3 aromatic rings. The van der Waals surface area contributed by atoms with E-state index in [1.165, 1.54) is 12.1 Å². The minimum atomic E-state index is -0.492. The Balaban J connectivity index is 1.77. The highest BCUT2D eigenvalue weighted by atomic mass is 79.9. The maximum Gasteiger partial charge on any atom is 0.232 e. The standard InChI is InChI=1S/C17H15BrFN5O2/c1-25-14-5-3-2-4-12(14)21-17-23-15(22-16(20)24-17)9-26-13-7-6-10(18)8-11(13)19/h2-8H,9H2,1H3,(H3,20,21,22,23,24). The van der Waals surface area contributed by atoms with Crippen molar-refractivity contribution in [3.05, 3.63) is 58.6 Å². The Morgan fingerprint density at radius 3 is 2.69 bits per heavy atom. The third kappa shape index (κ3) is 4.37. The number of nitrogen functional groups attached to an aromatic ring is 1. The van der Waals surface area contributed by atoms with Crippen molar-refractivity contribution in [2.24, 2.45) is 0 Å². The zero-order valence-electron chi connectivity index (χ0n) is 13.7. The first kappa shape index (κ1) is 17.9. The van der Waals surface area contributed by atoms with Crippen molar-refractivity contribution in [1.29, 1.82) is 0 Å². The fraction of sp³-hybridized carbons (Fsp3) is 0.118. The molecule has 0 atom stereocenters. The van der Waals surface area contributed by atoms with E-state index in [0.29, 0.717) is 15.9 Å². The molecular weight excluding hydrogens is 405 g/mol. The Kier molecular flexibility index (Phi) is 5.47. The van der Waals surface area contributed by atoms with Gasteiger partial charge in [-0.3, -0.25) is 0 Å². The van der Waals surface area contributed by atoms with Crippen molar-refractivity contribution in [3.63, 3.8) is 0 Å². The van der Waals surface area contributed by atoms with E-state index in [1.807, 2.05) is 18.2 Å². The van der Waals surface area contributed by atoms with Gasteiger partial charge in [-0.25, -0.2) is 4.39 Å². The second kappa shape index (κ2) is 7.96. The van der Waals surface area contributed by atoms with Crippen LogP contribution < -0.4 is 20.5 Å². The number of hydrogen-bond acceptors (Lipinski definition) is 7. The van der Waals surface area contributed by atoms with Crippen LogP contribution in [-0.4, -0.2) is 22.1 Å². The van der Waals surface area contributed by atoms with Crippen LogP contribution in [0.2, 0.25) is 0 Å². The number of halogens is 2. The molecule has 1 aromatic heterocycles. The number of benzene rings is 2. The van der Waals surface area contributed by atoms with E-state index in [1.54, 1.807) is 19.2 Å². The Morgan fingerprint density at radius 2 is 1.92 bits per heavy atom. The van der Waals surface area contributed by atoms with E-state index in [0.717, 1.165) is 0 Å². The van der Waals surface area contributed by atoms with Crippen molar-refractivity contribution < 1.29 is 13.9 Å². The lowest BCUT2D eigenvalue weighted by Crippen LogP contribution is -2.10. The summed E-state index contributed by atoms with van der Waals surface area (Å²) < 4.78 is 25.1. The minimum absolute atomic E-state index is 0.0206. The molecule has 7 nitrogen and oxygen atoms in total. The molecule has 26 heavy (non-hydrogen) atoms. The van der Waals surface area contributed by atoms with Crippen LogP contribution in [0, 0.1) is 5.82 Å². The predicted molar refractivity (Wildman–Crippen MR) is 98.9 cm³/mol. The molecule has 0 saturated carbocycles. The smallest absolute Gasteiger partial charge is 0.232 e. The molecular formula is C17H15BrFN5O2. The van der Waals surface area contributed by atoms with Crippen LogP contribution in [0.5, 0.6) is 11.5 Å². The molecule has 0 fully saturated rings. The van der Waals surface area contributed by atoms with Crippen molar-refractivity contribution in [3.8, 4) is 11.5 Å². The highest BCUT2D eigenvalue weighted by Gasteiger charge is 2.10. The van der Waals surface area contributed by atoms with Gasteiger partial charge >= 0.3 is 0 Å². The van der Waals surface area contributed by atoms with Crippen molar-refractivity contribution >= 4 is 33.5 Å². The van der Waals surface area contributed by atoms with Gasteiger partial charge in [0.1, 0.15) is 12.4 Å². The van der Waals surface area contributed by atoms with Crippen LogP contribution in [-0.2, 0) is 6.61 Å². The molecule has 0 radical (unpaired) electrons. The average molecular weight is 420 g/mol. The number of nitrogens with zero attached hydrogens (tertiary/aromatic N) is 3. The molecule has 0 aliphatic carbocycles. The summed E-state index contributed by atoms with van der Waals surface area (Å²) in [6.45, 7) is -0.0636. The van der Waals surface area contributed by atoms with Gasteiger partial charge < -0.3 is 20.5 Å². The summed E-state index contributed by atoms with van der Waals surface area (Å²) in [6, 6.07) is 11.8. The summed E-state index contributed by atoms with van der Waals surface area (Å²) in [5.41, 5.74) is 6.41. The molecule has 0 amide bonds. The summed E-state index contributed by atoms with van der Waals surface area (Å²) >= 11 is 3.19. The monoisotopic (exact) mass is 419 g/mol. The summed E-state index contributed by atoms with van der Waals surface area (Å²) in [5.74, 6) is 0.739. The first-order chi connectivity index (χ1) is 12.5. The number of anilines is 3. The molecule has 0 unspecified atom stereocenters. The van der Waals surface area contributed by atoms with E-state index < -0.39 is 5.82 Å². The summed E-state index contributed by atoms with van der Waals surface area (Å²) in [4.78, 5) is 12.3. The van der Waals surface area contributed by atoms with Gasteiger partial charge in [0.2, 0.25) is 11.9 Å². The van der Waals surface area contributed by atoms with Crippen LogP contribution in [0.3, 0.4) is 0 Å². The Bertz CT molecular complexity index is 925. The van der Waals surface area contributed by atoms with E-state index in [2.05, 4.69) is 36.2 Å². The quantitative estimate of drug-likeness (QED) is 0.628. The number of methoxy groups -OCH3 is 1. The maximum absolute atomic E-state index is 13.8. The second-order valence-electron chi connectivity index (χ2n) is 5.12. The van der Waals surface area contributed by atoms with E-state index in [-0.39, 0.29) is 30.1 Å². The average Bonchev–Trinajstić information content (AvgIpc) is 2.61. The van der Waals surface area contributed by atoms with Gasteiger partial charge in [0.05, 0.1) is 12.8 Å². The molecule has 3 N–H and O–H groups in total. The fourth-order valence-electron chi connectivity index (χ4n) is 2.16. The summed E-state index contributed by atoms with van der Waals surface area (Å²) in [7, 11) is 1.56. The summed E-state index contributed by atoms with van der Waals surface area (Å²) in [6.07, 6.45) is 0. The summed E-state index contributed by atoms with van der Waals surface area (Å²) in [5, 5.41) is 3.02. The SMILES string of the molecule is COc1ccccc1Nc1nc(N)nc(COc2ccc(Br)cc2F)n1. The number of rotatable bonds is 6. The fourth-order valence-corrected chi connectivity index (χ4v) is 2.49. The van der Waals surface area contributed by atoms with Crippen LogP contribution in [0.15, 0.2) is 46.9 Å². The van der Waals surface area contributed by atoms with Crippen molar-refractivity contribution in [2.75, 3.05) is 18.2 Å². The molecule has 3 rings (SSSR count). The second-order valence-corrected chi connectivity index (χ2v) is 6.04. The van der Waals surface area contributed by atoms with Crippen molar-refractivity contribution in [2.45, 2.75) is 6.61 Å². The van der Waals surface area contributed by atoms with Gasteiger partial charge in [-0.2, -0.15) is 15.0 Å². The molecule has 0 aliphatic rings. The largest absolute Gasteiger partial charge is 0.495 e. The van der Waals surface area contributed by atoms with Crippen LogP contribution >= 0.6 is 15.9 Å². The number of para-hydroxylation sites is 2. The minimum Gasteiger partial charge on any atom is -0.495 e. The normalized spacial score (nSPS) is 10.4. The van der Waals surface area contributed by atoms with Crippen LogP contribution in [0.4, 0.5) is 22.0 Å². The van der Waals surface area contributed by atoms with Crippen LogP contribution in [0.1, 0.15) is 5.82 Å². The molecule has 0 saturated heterocycles. The van der Waals surface area contributed by atoms with E-state index in [4.69, 9.17) is 15.2 Å². The van der Waals surface area contributed by atoms with E-state index >= 15 is 0 Å². The van der Waals surface area contributed by atoms with Gasteiger partial charge in [-0.05, 0) is 30.3 Å². The highest BCUT2D eigenvalue weighted by Crippen LogP contribution is 2.26. The Hall–Kier alpha value is -2.94. The zero-order valence-corrected chi connectivity index (χ0v) is 15.3. The first-order valence-electron chi connectivity index (χ1n) is 7.53. The first-order valence-corrected chi connectivity index (χ1v) is 8.33. The third-order valence-corrected chi connectivity index (χ3v) is 3.80. The Labute approximate surface area is 157 Å². The topological polar surface area (TPSA) is 95.2 Å². The third-order valence-electron chi connectivity index (χ3n) is 3.30. The van der Waals surface area contributed by atoms with Gasteiger partial charge in [-0.1, -0.05) is 28.1 Å². The lowest BCUT2D eigenvalue weighted by molar-refractivity contribution is 0.281. The van der Waals surface area contributed by atoms with Crippen LogP contribution in [0.25, 0.3) is 0 Å². The van der Waals surface area contributed by atoms with Crippen molar-refractivity contribution in [1.82, 2.24) is 15.0 Å².